The van der Waals surface area contributed by atoms with Crippen LogP contribution in [0.3, 0.4) is 0 Å². The van der Waals surface area contributed by atoms with E-state index in [1.54, 1.807) is 0 Å². The standard InChI is InChI=1S/C18H14ClNO3S/c19-15-8-10-16(11-9-15)24(22,23)20-18(21)12-14-6-3-5-13-4-1-2-7-17(13)14/h1-11H,12H2,(H,20,21). The Bertz CT molecular complexity index is 993. The van der Waals surface area contributed by atoms with Crippen molar-refractivity contribution in [2.45, 2.75) is 11.3 Å². The van der Waals surface area contributed by atoms with E-state index in [-0.39, 0.29) is 11.3 Å². The summed E-state index contributed by atoms with van der Waals surface area (Å²) >= 11 is 5.75. The van der Waals surface area contributed by atoms with Crippen molar-refractivity contribution >= 4 is 38.3 Å². The molecule has 0 radical (unpaired) electrons. The molecule has 0 aliphatic carbocycles. The maximum atomic E-state index is 12.2. The highest BCUT2D eigenvalue weighted by Crippen LogP contribution is 2.19. The van der Waals surface area contributed by atoms with Gasteiger partial charge in [-0.2, -0.15) is 0 Å². The quantitative estimate of drug-likeness (QED) is 0.775. The highest BCUT2D eigenvalue weighted by atomic mass is 35.5. The molecule has 3 aromatic rings. The predicted octanol–water partition coefficient (Wildman–Crippen LogP) is 3.54. The fourth-order valence-electron chi connectivity index (χ4n) is 2.48. The Labute approximate surface area is 145 Å². The van der Waals surface area contributed by atoms with Gasteiger partial charge in [0.05, 0.1) is 11.3 Å². The van der Waals surface area contributed by atoms with Gasteiger partial charge >= 0.3 is 0 Å². The van der Waals surface area contributed by atoms with Crippen LogP contribution >= 0.6 is 11.6 Å². The molecule has 0 atom stereocenters. The second-order valence-electron chi connectivity index (χ2n) is 5.30. The number of benzene rings is 3. The van der Waals surface area contributed by atoms with Crippen molar-refractivity contribution in [1.82, 2.24) is 4.72 Å². The molecule has 0 unspecified atom stereocenters. The lowest BCUT2D eigenvalue weighted by Crippen LogP contribution is -2.31. The van der Waals surface area contributed by atoms with Crippen molar-refractivity contribution in [2.75, 3.05) is 0 Å². The zero-order valence-electron chi connectivity index (χ0n) is 12.6. The van der Waals surface area contributed by atoms with E-state index in [0.29, 0.717) is 5.02 Å². The van der Waals surface area contributed by atoms with Gasteiger partial charge in [-0.15, -0.1) is 0 Å². The van der Waals surface area contributed by atoms with Crippen LogP contribution in [0.15, 0.2) is 71.6 Å². The lowest BCUT2D eigenvalue weighted by molar-refractivity contribution is -0.118. The van der Waals surface area contributed by atoms with Crippen molar-refractivity contribution in [3.63, 3.8) is 0 Å². The van der Waals surface area contributed by atoms with E-state index >= 15 is 0 Å². The number of carbonyl (C=O) groups is 1. The van der Waals surface area contributed by atoms with E-state index in [1.165, 1.54) is 24.3 Å². The molecule has 24 heavy (non-hydrogen) atoms. The molecule has 0 saturated carbocycles. The first-order valence-corrected chi connectivity index (χ1v) is 9.10. The maximum absolute atomic E-state index is 12.2. The number of sulfonamides is 1. The van der Waals surface area contributed by atoms with Gasteiger partial charge in [-0.25, -0.2) is 13.1 Å². The number of nitrogens with one attached hydrogen (secondary N) is 1. The number of halogens is 1. The van der Waals surface area contributed by atoms with Gasteiger partial charge in [0.1, 0.15) is 0 Å². The van der Waals surface area contributed by atoms with Gasteiger partial charge in [0.25, 0.3) is 10.0 Å². The van der Waals surface area contributed by atoms with E-state index in [9.17, 15) is 13.2 Å². The zero-order valence-corrected chi connectivity index (χ0v) is 14.1. The first-order valence-electron chi connectivity index (χ1n) is 7.23. The van der Waals surface area contributed by atoms with Gasteiger partial charge in [0, 0.05) is 5.02 Å². The number of hydrogen-bond acceptors (Lipinski definition) is 3. The highest BCUT2D eigenvalue weighted by molar-refractivity contribution is 7.90. The SMILES string of the molecule is O=C(Cc1cccc2ccccc12)NS(=O)(=O)c1ccc(Cl)cc1. The lowest BCUT2D eigenvalue weighted by atomic mass is 10.0. The van der Waals surface area contributed by atoms with Crippen LogP contribution in [0, 0.1) is 0 Å². The fourth-order valence-corrected chi connectivity index (χ4v) is 3.59. The van der Waals surface area contributed by atoms with Gasteiger partial charge in [-0.3, -0.25) is 4.79 Å². The van der Waals surface area contributed by atoms with Crippen molar-refractivity contribution < 1.29 is 13.2 Å². The second-order valence-corrected chi connectivity index (χ2v) is 7.42. The van der Waals surface area contributed by atoms with E-state index in [0.717, 1.165) is 16.3 Å². The van der Waals surface area contributed by atoms with E-state index in [2.05, 4.69) is 4.72 Å². The summed E-state index contributed by atoms with van der Waals surface area (Å²) in [6.45, 7) is 0. The predicted molar refractivity (Wildman–Crippen MR) is 94.4 cm³/mol. The van der Waals surface area contributed by atoms with Gasteiger partial charge in [-0.05, 0) is 40.6 Å². The molecule has 3 aromatic carbocycles. The van der Waals surface area contributed by atoms with E-state index in [4.69, 9.17) is 11.6 Å². The molecule has 0 aliphatic heterocycles. The first-order chi connectivity index (χ1) is 11.5. The zero-order chi connectivity index (χ0) is 17.2. The van der Waals surface area contributed by atoms with Crippen LogP contribution in [-0.4, -0.2) is 14.3 Å². The minimum atomic E-state index is -3.91. The summed E-state index contributed by atoms with van der Waals surface area (Å²) in [5.74, 6) is -0.582. The molecule has 4 nitrogen and oxygen atoms in total. The van der Waals surface area contributed by atoms with Crippen LogP contribution in [0.2, 0.25) is 5.02 Å². The number of amides is 1. The Morgan fingerprint density at radius 1 is 0.917 bits per heavy atom. The highest BCUT2D eigenvalue weighted by Gasteiger charge is 2.18. The van der Waals surface area contributed by atoms with E-state index in [1.807, 2.05) is 42.5 Å². The minimum absolute atomic E-state index is 0.00169. The van der Waals surface area contributed by atoms with E-state index < -0.39 is 15.9 Å². The van der Waals surface area contributed by atoms with Crippen LogP contribution in [0.25, 0.3) is 10.8 Å². The molecule has 122 valence electrons. The summed E-state index contributed by atoms with van der Waals surface area (Å²) in [7, 11) is -3.91. The molecule has 1 amide bonds. The Hall–Kier alpha value is -2.37. The maximum Gasteiger partial charge on any atom is 0.264 e. The monoisotopic (exact) mass is 359 g/mol. The molecule has 0 aliphatic rings. The van der Waals surface area contributed by atoms with Crippen molar-refractivity contribution in [1.29, 1.82) is 0 Å². The summed E-state index contributed by atoms with van der Waals surface area (Å²) in [5, 5.41) is 2.36. The van der Waals surface area contributed by atoms with Crippen molar-refractivity contribution in [3.8, 4) is 0 Å². The average Bonchev–Trinajstić information content (AvgIpc) is 2.55. The van der Waals surface area contributed by atoms with Crippen LogP contribution in [0.5, 0.6) is 0 Å². The third-order valence-corrected chi connectivity index (χ3v) is 5.24. The number of hydrogen-bond donors (Lipinski definition) is 1. The smallest absolute Gasteiger partial charge is 0.264 e. The minimum Gasteiger partial charge on any atom is -0.274 e. The van der Waals surface area contributed by atoms with Gasteiger partial charge in [0.15, 0.2) is 0 Å². The number of carbonyl (C=O) groups excluding carboxylic acids is 1. The summed E-state index contributed by atoms with van der Waals surface area (Å²) in [6, 6.07) is 18.9. The molecule has 0 bridgehead atoms. The summed E-state index contributed by atoms with van der Waals surface area (Å²) in [6.07, 6.45) is -0.0197. The first kappa shape index (κ1) is 16.5. The summed E-state index contributed by atoms with van der Waals surface area (Å²) in [5.41, 5.74) is 0.775. The van der Waals surface area contributed by atoms with Crippen molar-refractivity contribution in [2.24, 2.45) is 0 Å². The van der Waals surface area contributed by atoms with Crippen molar-refractivity contribution in [3.05, 3.63) is 77.3 Å². The molecule has 3 rings (SSSR count). The number of rotatable bonds is 4. The molecular formula is C18H14ClNO3S. The summed E-state index contributed by atoms with van der Waals surface area (Å²) in [4.78, 5) is 12.2. The molecule has 1 N–H and O–H groups in total. The van der Waals surface area contributed by atoms with Crippen LogP contribution in [0.1, 0.15) is 5.56 Å². The third kappa shape index (κ3) is 3.58. The fraction of sp³-hybridized carbons (Fsp3) is 0.0556. The van der Waals surface area contributed by atoms with Crippen LogP contribution in [0.4, 0.5) is 0 Å². The largest absolute Gasteiger partial charge is 0.274 e. The molecule has 6 heteroatoms. The second kappa shape index (κ2) is 6.63. The Morgan fingerprint density at radius 2 is 1.58 bits per heavy atom. The average molecular weight is 360 g/mol. The molecule has 0 aromatic heterocycles. The Kier molecular flexibility index (Phi) is 4.55. The third-order valence-electron chi connectivity index (χ3n) is 3.60. The molecule has 0 saturated heterocycles. The van der Waals surface area contributed by atoms with Gasteiger partial charge in [-0.1, -0.05) is 54.1 Å². The van der Waals surface area contributed by atoms with Gasteiger partial charge < -0.3 is 0 Å². The molecular weight excluding hydrogens is 346 g/mol. The topological polar surface area (TPSA) is 63.2 Å². The molecule has 0 fully saturated rings. The normalized spacial score (nSPS) is 11.4. The van der Waals surface area contributed by atoms with Crippen LogP contribution < -0.4 is 4.72 Å². The molecule has 0 spiro atoms. The van der Waals surface area contributed by atoms with Crippen LogP contribution in [-0.2, 0) is 21.2 Å². The summed E-state index contributed by atoms with van der Waals surface area (Å²) < 4.78 is 26.6. The molecule has 0 heterocycles. The number of fused-ring (bicyclic) bond motifs is 1. The van der Waals surface area contributed by atoms with Gasteiger partial charge in [0.2, 0.25) is 5.91 Å². The Morgan fingerprint density at radius 3 is 2.33 bits per heavy atom. The lowest BCUT2D eigenvalue weighted by Gasteiger charge is -2.09. The Balaban J connectivity index is 1.81.